The Labute approximate surface area is 161 Å². The Hall–Kier alpha value is -2.82. The van der Waals surface area contributed by atoms with E-state index in [2.05, 4.69) is 4.98 Å². The number of pyridine rings is 1. The van der Waals surface area contributed by atoms with E-state index >= 15 is 0 Å². The second-order valence-corrected chi connectivity index (χ2v) is 6.70. The fourth-order valence-corrected chi connectivity index (χ4v) is 3.72. The summed E-state index contributed by atoms with van der Waals surface area (Å²) in [5.74, 6) is -0.428. The van der Waals surface area contributed by atoms with E-state index in [0.29, 0.717) is 25.3 Å². The zero-order valence-electron chi connectivity index (χ0n) is 15.4. The second-order valence-electron chi connectivity index (χ2n) is 6.70. The van der Waals surface area contributed by atoms with E-state index < -0.39 is 17.6 Å². The van der Waals surface area contributed by atoms with Crippen molar-refractivity contribution in [3.05, 3.63) is 53.6 Å². The third-order valence-corrected chi connectivity index (χ3v) is 5.02. The minimum absolute atomic E-state index is 0.137. The number of hydrogen-bond acceptors (Lipinski definition) is 4. The van der Waals surface area contributed by atoms with Crippen LogP contribution in [0, 0.1) is 17.1 Å². The third-order valence-electron chi connectivity index (χ3n) is 5.02. The zero-order chi connectivity index (χ0) is 20.3. The van der Waals surface area contributed by atoms with Gasteiger partial charge < -0.3 is 9.80 Å². The molecule has 3 rings (SSSR count). The smallest absolute Gasteiger partial charge is 0.367 e. The monoisotopic (exact) mass is 392 g/mol. The average Bonchev–Trinajstić information content (AvgIpc) is 2.68. The van der Waals surface area contributed by atoms with Crippen molar-refractivity contribution in [3.8, 4) is 6.07 Å². The number of nitriles is 1. The summed E-state index contributed by atoms with van der Waals surface area (Å²) in [6.45, 7) is 3.39. The summed E-state index contributed by atoms with van der Waals surface area (Å²) in [5, 5.41) is 9.40. The summed E-state index contributed by atoms with van der Waals surface area (Å²) >= 11 is 0. The van der Waals surface area contributed by atoms with Gasteiger partial charge in [-0.15, -0.1) is 0 Å². The Balaban J connectivity index is 1.93. The van der Waals surface area contributed by atoms with E-state index in [1.54, 1.807) is 6.07 Å². The lowest BCUT2D eigenvalue weighted by atomic mass is 10.0. The van der Waals surface area contributed by atoms with Crippen LogP contribution in [0.2, 0.25) is 0 Å². The third kappa shape index (κ3) is 4.03. The molecule has 0 bridgehead atoms. The van der Waals surface area contributed by atoms with E-state index in [4.69, 9.17) is 0 Å². The Morgan fingerprint density at radius 2 is 2.11 bits per heavy atom. The maximum absolute atomic E-state index is 14.1. The molecule has 2 heterocycles. The standard InChI is InChI=1S/C20H20F4N4/c1-2-28(19-10-15(20(22,23)24)6-5-14(19)11-25)16-4-3-9-27(13-16)18-7-8-26-12-17(18)21/h5-8,10,12,16H,2-4,9,13H2,1H3. The maximum atomic E-state index is 14.1. The van der Waals surface area contributed by atoms with Gasteiger partial charge in [-0.25, -0.2) is 4.39 Å². The van der Waals surface area contributed by atoms with Crippen molar-refractivity contribution in [1.82, 2.24) is 4.98 Å². The zero-order valence-corrected chi connectivity index (χ0v) is 15.4. The number of halogens is 4. The number of hydrogen-bond donors (Lipinski definition) is 0. The van der Waals surface area contributed by atoms with Crippen molar-refractivity contribution in [2.45, 2.75) is 32.0 Å². The summed E-state index contributed by atoms with van der Waals surface area (Å²) in [5.41, 5.74) is 0.108. The minimum atomic E-state index is -4.49. The van der Waals surface area contributed by atoms with Crippen LogP contribution >= 0.6 is 0 Å². The molecular weight excluding hydrogens is 372 g/mol. The Morgan fingerprint density at radius 1 is 1.32 bits per heavy atom. The van der Waals surface area contributed by atoms with Crippen LogP contribution in [0.4, 0.5) is 28.9 Å². The fraction of sp³-hybridized carbons (Fsp3) is 0.400. The van der Waals surface area contributed by atoms with Crippen LogP contribution in [-0.2, 0) is 6.18 Å². The van der Waals surface area contributed by atoms with Gasteiger partial charge in [0.1, 0.15) is 6.07 Å². The molecule has 1 aliphatic rings. The van der Waals surface area contributed by atoms with Crippen LogP contribution in [0.15, 0.2) is 36.7 Å². The number of anilines is 2. The molecule has 0 saturated carbocycles. The number of rotatable bonds is 4. The molecule has 1 aromatic heterocycles. The summed E-state index contributed by atoms with van der Waals surface area (Å²) < 4.78 is 53.7. The summed E-state index contributed by atoms with van der Waals surface area (Å²) in [7, 11) is 0. The SMILES string of the molecule is CCN(c1cc(C(F)(F)F)ccc1C#N)C1CCCN(c2ccncc2F)C1. The van der Waals surface area contributed by atoms with Gasteiger partial charge in [0.15, 0.2) is 5.82 Å². The first kappa shape index (κ1) is 19.9. The van der Waals surface area contributed by atoms with Crippen LogP contribution in [0.1, 0.15) is 30.9 Å². The van der Waals surface area contributed by atoms with Gasteiger partial charge in [-0.1, -0.05) is 0 Å². The summed E-state index contributed by atoms with van der Waals surface area (Å²) in [4.78, 5) is 7.46. The van der Waals surface area contributed by atoms with Crippen LogP contribution < -0.4 is 9.80 Å². The van der Waals surface area contributed by atoms with Crippen molar-refractivity contribution < 1.29 is 17.6 Å². The normalized spacial score (nSPS) is 17.3. The van der Waals surface area contributed by atoms with E-state index in [-0.39, 0.29) is 17.3 Å². The molecule has 1 aliphatic heterocycles. The van der Waals surface area contributed by atoms with Gasteiger partial charge in [0.2, 0.25) is 0 Å². The van der Waals surface area contributed by atoms with Crippen LogP contribution in [0.3, 0.4) is 0 Å². The maximum Gasteiger partial charge on any atom is 0.416 e. The van der Waals surface area contributed by atoms with Crippen LogP contribution in [0.25, 0.3) is 0 Å². The molecule has 4 nitrogen and oxygen atoms in total. The van der Waals surface area contributed by atoms with Crippen molar-refractivity contribution >= 4 is 11.4 Å². The van der Waals surface area contributed by atoms with Crippen molar-refractivity contribution in [2.24, 2.45) is 0 Å². The van der Waals surface area contributed by atoms with Crippen LogP contribution in [-0.4, -0.2) is 30.7 Å². The largest absolute Gasteiger partial charge is 0.416 e. The molecular formula is C20H20F4N4. The van der Waals surface area contributed by atoms with E-state index in [9.17, 15) is 22.8 Å². The van der Waals surface area contributed by atoms with Gasteiger partial charge in [0.05, 0.1) is 28.7 Å². The van der Waals surface area contributed by atoms with Gasteiger partial charge in [-0.3, -0.25) is 4.98 Å². The molecule has 1 saturated heterocycles. The lowest BCUT2D eigenvalue weighted by Crippen LogP contribution is -2.48. The molecule has 1 unspecified atom stereocenters. The molecule has 1 aromatic carbocycles. The number of piperidine rings is 1. The predicted octanol–water partition coefficient (Wildman–Crippen LogP) is 4.61. The van der Waals surface area contributed by atoms with Crippen molar-refractivity contribution in [2.75, 3.05) is 29.4 Å². The number of aromatic nitrogens is 1. The molecule has 0 aliphatic carbocycles. The Morgan fingerprint density at radius 3 is 2.75 bits per heavy atom. The topological polar surface area (TPSA) is 43.2 Å². The van der Waals surface area contributed by atoms with E-state index in [1.807, 2.05) is 22.8 Å². The first-order chi connectivity index (χ1) is 13.3. The fourth-order valence-electron chi connectivity index (χ4n) is 3.72. The van der Waals surface area contributed by atoms with Crippen molar-refractivity contribution in [1.29, 1.82) is 5.26 Å². The quantitative estimate of drug-likeness (QED) is 0.713. The highest BCUT2D eigenvalue weighted by molar-refractivity contribution is 5.62. The number of nitrogens with zero attached hydrogens (tertiary/aromatic N) is 4. The summed E-state index contributed by atoms with van der Waals surface area (Å²) in [6, 6.07) is 6.62. The lowest BCUT2D eigenvalue weighted by molar-refractivity contribution is -0.137. The molecule has 8 heteroatoms. The Bertz CT molecular complexity index is 875. The number of benzene rings is 1. The predicted molar refractivity (Wildman–Crippen MR) is 98.6 cm³/mol. The molecule has 1 fully saturated rings. The summed E-state index contributed by atoms with van der Waals surface area (Å²) in [6.07, 6.45) is -0.305. The van der Waals surface area contributed by atoms with Gasteiger partial charge in [-0.05, 0) is 44.0 Å². The average molecular weight is 392 g/mol. The van der Waals surface area contributed by atoms with E-state index in [0.717, 1.165) is 31.2 Å². The highest BCUT2D eigenvalue weighted by atomic mass is 19.4. The first-order valence-electron chi connectivity index (χ1n) is 9.07. The molecule has 28 heavy (non-hydrogen) atoms. The van der Waals surface area contributed by atoms with Crippen LogP contribution in [0.5, 0.6) is 0 Å². The minimum Gasteiger partial charge on any atom is -0.367 e. The lowest BCUT2D eigenvalue weighted by Gasteiger charge is -2.41. The second kappa shape index (κ2) is 8.05. The van der Waals surface area contributed by atoms with Gasteiger partial charge in [0.25, 0.3) is 0 Å². The van der Waals surface area contributed by atoms with Gasteiger partial charge >= 0.3 is 6.18 Å². The van der Waals surface area contributed by atoms with Gasteiger partial charge in [0, 0.05) is 31.9 Å². The Kier molecular flexibility index (Phi) is 5.73. The van der Waals surface area contributed by atoms with E-state index in [1.165, 1.54) is 12.3 Å². The first-order valence-corrected chi connectivity index (χ1v) is 9.07. The molecule has 0 amide bonds. The molecule has 0 N–H and O–H groups in total. The highest BCUT2D eigenvalue weighted by Gasteiger charge is 2.33. The molecule has 0 spiro atoms. The number of likely N-dealkylation sites (N-methyl/N-ethyl adjacent to an activating group) is 1. The highest BCUT2D eigenvalue weighted by Crippen LogP contribution is 2.35. The van der Waals surface area contributed by atoms with Gasteiger partial charge in [-0.2, -0.15) is 18.4 Å². The number of alkyl halides is 3. The molecule has 2 aromatic rings. The molecule has 0 radical (unpaired) electrons. The molecule has 148 valence electrons. The molecule has 1 atom stereocenters. The van der Waals surface area contributed by atoms with Crippen molar-refractivity contribution in [3.63, 3.8) is 0 Å².